The van der Waals surface area contributed by atoms with Crippen LogP contribution in [0.1, 0.15) is 25.7 Å². The first kappa shape index (κ1) is 9.93. The Bertz CT molecular complexity index is 241. The molecule has 2 bridgehead atoms. The van der Waals surface area contributed by atoms with Crippen LogP contribution in [0.2, 0.25) is 0 Å². The highest BCUT2D eigenvalue weighted by Crippen LogP contribution is 2.38. The van der Waals surface area contributed by atoms with Gasteiger partial charge in [-0.25, -0.2) is 0 Å². The average Bonchev–Trinajstić information content (AvgIpc) is 2.42. The van der Waals surface area contributed by atoms with E-state index in [9.17, 15) is 4.79 Å². The zero-order chi connectivity index (χ0) is 10.3. The number of esters is 1. The van der Waals surface area contributed by atoms with E-state index in [-0.39, 0.29) is 5.97 Å². The van der Waals surface area contributed by atoms with Crippen LogP contribution >= 0.6 is 0 Å². The van der Waals surface area contributed by atoms with E-state index >= 15 is 0 Å². The molecule has 0 saturated carbocycles. The summed E-state index contributed by atoms with van der Waals surface area (Å²) in [7, 11) is 3.54. The summed E-state index contributed by atoms with van der Waals surface area (Å²) in [4.78, 5) is 13.9. The third kappa shape index (κ3) is 1.33. The first-order chi connectivity index (χ1) is 6.57. The highest BCUT2D eigenvalue weighted by molar-refractivity contribution is 5.80. The fourth-order valence-electron chi connectivity index (χ4n) is 2.88. The van der Waals surface area contributed by atoms with Crippen LogP contribution in [0.5, 0.6) is 0 Å². The minimum atomic E-state index is -0.729. The van der Waals surface area contributed by atoms with E-state index in [0.29, 0.717) is 12.1 Å². The molecule has 4 nitrogen and oxygen atoms in total. The van der Waals surface area contributed by atoms with Gasteiger partial charge in [-0.2, -0.15) is 0 Å². The summed E-state index contributed by atoms with van der Waals surface area (Å²) in [6.45, 7) is 0. The van der Waals surface area contributed by atoms with Crippen LogP contribution < -0.4 is 5.73 Å². The first-order valence-corrected chi connectivity index (χ1v) is 5.16. The van der Waals surface area contributed by atoms with Crippen molar-refractivity contribution in [2.75, 3.05) is 14.2 Å². The van der Waals surface area contributed by atoms with Gasteiger partial charge in [-0.05, 0) is 32.7 Å². The molecule has 2 aliphatic heterocycles. The maximum Gasteiger partial charge on any atom is 0.325 e. The molecule has 0 aromatic rings. The zero-order valence-corrected chi connectivity index (χ0v) is 8.82. The van der Waals surface area contributed by atoms with Gasteiger partial charge in [-0.15, -0.1) is 0 Å². The van der Waals surface area contributed by atoms with Crippen molar-refractivity contribution < 1.29 is 9.53 Å². The molecule has 2 saturated heterocycles. The summed E-state index contributed by atoms with van der Waals surface area (Å²) >= 11 is 0. The molecule has 3 atom stereocenters. The molecule has 14 heavy (non-hydrogen) atoms. The number of ether oxygens (including phenoxy) is 1. The van der Waals surface area contributed by atoms with Crippen molar-refractivity contribution in [3.05, 3.63) is 0 Å². The van der Waals surface area contributed by atoms with E-state index in [1.807, 2.05) is 0 Å². The lowest BCUT2D eigenvalue weighted by Crippen LogP contribution is -2.59. The van der Waals surface area contributed by atoms with E-state index in [1.165, 1.54) is 7.11 Å². The molecule has 1 unspecified atom stereocenters. The Hall–Kier alpha value is -0.610. The van der Waals surface area contributed by atoms with Gasteiger partial charge >= 0.3 is 5.97 Å². The lowest BCUT2D eigenvalue weighted by Gasteiger charge is -2.40. The number of methoxy groups -OCH3 is 1. The van der Waals surface area contributed by atoms with Crippen molar-refractivity contribution in [2.24, 2.45) is 5.73 Å². The van der Waals surface area contributed by atoms with E-state index in [0.717, 1.165) is 25.7 Å². The summed E-state index contributed by atoms with van der Waals surface area (Å²) < 4.78 is 4.77. The number of fused-ring (bicyclic) bond motifs is 2. The predicted octanol–water partition coefficient (Wildman–Crippen LogP) is 0.114. The molecule has 0 radical (unpaired) electrons. The van der Waals surface area contributed by atoms with E-state index in [2.05, 4.69) is 11.9 Å². The second-order valence-corrected chi connectivity index (χ2v) is 4.61. The number of hydrogen-bond acceptors (Lipinski definition) is 4. The second kappa shape index (κ2) is 3.21. The largest absolute Gasteiger partial charge is 0.468 e. The van der Waals surface area contributed by atoms with Crippen molar-refractivity contribution in [2.45, 2.75) is 43.3 Å². The summed E-state index contributed by atoms with van der Waals surface area (Å²) in [6, 6.07) is 0.940. The van der Waals surface area contributed by atoms with Gasteiger partial charge in [0.2, 0.25) is 0 Å². The van der Waals surface area contributed by atoms with Crippen molar-refractivity contribution in [3.63, 3.8) is 0 Å². The maximum absolute atomic E-state index is 11.5. The third-order valence-electron chi connectivity index (χ3n) is 3.78. The van der Waals surface area contributed by atoms with Crippen molar-refractivity contribution in [3.8, 4) is 0 Å². The van der Waals surface area contributed by atoms with Crippen LogP contribution in [0.25, 0.3) is 0 Å². The maximum atomic E-state index is 11.5. The molecule has 80 valence electrons. The molecule has 2 N–H and O–H groups in total. The number of nitrogens with two attached hydrogens (primary N) is 1. The number of carbonyl (C=O) groups excluding carboxylic acids is 1. The smallest absolute Gasteiger partial charge is 0.325 e. The summed E-state index contributed by atoms with van der Waals surface area (Å²) in [5.74, 6) is -0.248. The molecule has 4 heteroatoms. The molecule has 0 aromatic heterocycles. The Kier molecular flexibility index (Phi) is 2.27. The number of piperidine rings is 1. The highest BCUT2D eigenvalue weighted by Gasteiger charge is 2.49. The molecule has 0 aromatic carbocycles. The second-order valence-electron chi connectivity index (χ2n) is 4.61. The molecule has 2 rings (SSSR count). The van der Waals surface area contributed by atoms with Crippen LogP contribution in [0.4, 0.5) is 0 Å². The molecule has 2 fully saturated rings. The molecule has 0 spiro atoms. The lowest BCUT2D eigenvalue weighted by molar-refractivity contribution is -0.150. The van der Waals surface area contributed by atoms with Gasteiger partial charge in [0.15, 0.2) is 0 Å². The van der Waals surface area contributed by atoms with Gasteiger partial charge in [-0.1, -0.05) is 0 Å². The van der Waals surface area contributed by atoms with Gasteiger partial charge in [0, 0.05) is 12.1 Å². The van der Waals surface area contributed by atoms with Crippen LogP contribution in [0, 0.1) is 0 Å². The average molecular weight is 198 g/mol. The highest BCUT2D eigenvalue weighted by atomic mass is 16.5. The molecular formula is C10H18N2O2. The van der Waals surface area contributed by atoms with Gasteiger partial charge in [-0.3, -0.25) is 4.79 Å². The fourth-order valence-corrected chi connectivity index (χ4v) is 2.88. The number of carbonyl (C=O) groups is 1. The SMILES string of the molecule is COC(=O)C1(N)C[C@H]2CC[C@@H](C1)N2C. The van der Waals surface area contributed by atoms with Crippen molar-refractivity contribution >= 4 is 5.97 Å². The fraction of sp³-hybridized carbons (Fsp3) is 0.900. The van der Waals surface area contributed by atoms with Crippen molar-refractivity contribution in [1.82, 2.24) is 4.90 Å². The minimum Gasteiger partial charge on any atom is -0.468 e. The number of rotatable bonds is 1. The van der Waals surface area contributed by atoms with E-state index in [1.54, 1.807) is 0 Å². The molecular weight excluding hydrogens is 180 g/mol. The molecule has 2 heterocycles. The standard InChI is InChI=1S/C10H18N2O2/c1-12-7-3-4-8(12)6-10(11,5-7)9(13)14-2/h7-8H,3-6,11H2,1-2H3/t7-,8+,10?. The van der Waals surface area contributed by atoms with Gasteiger partial charge in [0.25, 0.3) is 0 Å². The topological polar surface area (TPSA) is 55.6 Å². The quantitative estimate of drug-likeness (QED) is 0.608. The zero-order valence-electron chi connectivity index (χ0n) is 8.82. The first-order valence-electron chi connectivity index (χ1n) is 5.16. The Morgan fingerprint density at radius 1 is 1.43 bits per heavy atom. The monoisotopic (exact) mass is 198 g/mol. The predicted molar refractivity (Wildman–Crippen MR) is 52.7 cm³/mol. The van der Waals surface area contributed by atoms with Crippen LogP contribution in [0.15, 0.2) is 0 Å². The Labute approximate surface area is 84.4 Å². The van der Waals surface area contributed by atoms with Gasteiger partial charge in [0.05, 0.1) is 7.11 Å². The van der Waals surface area contributed by atoms with E-state index in [4.69, 9.17) is 10.5 Å². The summed E-state index contributed by atoms with van der Waals surface area (Å²) in [5, 5.41) is 0. The molecule has 0 aliphatic carbocycles. The lowest BCUT2D eigenvalue weighted by atomic mass is 9.84. The van der Waals surface area contributed by atoms with Gasteiger partial charge in [0.1, 0.15) is 5.54 Å². The Morgan fingerprint density at radius 3 is 2.36 bits per heavy atom. The van der Waals surface area contributed by atoms with Crippen LogP contribution in [-0.2, 0) is 9.53 Å². The number of nitrogens with zero attached hydrogens (tertiary/aromatic N) is 1. The van der Waals surface area contributed by atoms with Crippen LogP contribution in [-0.4, -0.2) is 42.6 Å². The minimum absolute atomic E-state index is 0.248. The Balaban J connectivity index is 2.15. The number of hydrogen-bond donors (Lipinski definition) is 1. The van der Waals surface area contributed by atoms with Crippen LogP contribution in [0.3, 0.4) is 0 Å². The van der Waals surface area contributed by atoms with Crippen molar-refractivity contribution in [1.29, 1.82) is 0 Å². The summed E-state index contributed by atoms with van der Waals surface area (Å²) in [5.41, 5.74) is 5.37. The van der Waals surface area contributed by atoms with E-state index < -0.39 is 5.54 Å². The molecule has 0 amide bonds. The molecule has 2 aliphatic rings. The normalized spacial score (nSPS) is 42.5. The summed E-state index contributed by atoms with van der Waals surface area (Å²) in [6.07, 6.45) is 3.81. The van der Waals surface area contributed by atoms with Gasteiger partial charge < -0.3 is 15.4 Å². The Morgan fingerprint density at radius 2 is 1.93 bits per heavy atom. The third-order valence-corrected chi connectivity index (χ3v) is 3.78.